The number of likely N-dealkylation sites (tertiary alicyclic amines) is 1. The lowest BCUT2D eigenvalue weighted by Crippen LogP contribution is -2.73. The number of nitrogens with zero attached hydrogens (tertiary/aromatic N) is 2. The average Bonchev–Trinajstić information content (AvgIpc) is 2.93. The normalized spacial score (nSPS) is 18.9. The van der Waals surface area contributed by atoms with E-state index in [0.29, 0.717) is 37.5 Å². The van der Waals surface area contributed by atoms with Crippen molar-refractivity contribution in [1.29, 1.82) is 0 Å². The van der Waals surface area contributed by atoms with E-state index in [1.165, 1.54) is 6.08 Å². The predicted octanol–water partition coefficient (Wildman–Crippen LogP) is 5.51. The summed E-state index contributed by atoms with van der Waals surface area (Å²) in [6.07, 6.45) is 6.48. The molecule has 2 amide bonds. The van der Waals surface area contributed by atoms with Crippen LogP contribution >= 0.6 is 12.4 Å². The number of carboxylic acid groups (broad SMARTS) is 1. The van der Waals surface area contributed by atoms with Gasteiger partial charge in [-0.15, -0.1) is 12.4 Å². The zero-order valence-electron chi connectivity index (χ0n) is 24.2. The number of nitrogens with one attached hydrogen (secondary N) is 1. The van der Waals surface area contributed by atoms with Crippen molar-refractivity contribution in [3.05, 3.63) is 65.7 Å². The lowest BCUT2D eigenvalue weighted by Gasteiger charge is -2.52. The van der Waals surface area contributed by atoms with Gasteiger partial charge in [0.1, 0.15) is 23.1 Å². The molecule has 0 unspecified atom stereocenters. The molecule has 8 nitrogen and oxygen atoms in total. The molecule has 2 fully saturated rings. The second kappa shape index (κ2) is 14.5. The van der Waals surface area contributed by atoms with Gasteiger partial charge in [-0.25, -0.2) is 4.79 Å². The summed E-state index contributed by atoms with van der Waals surface area (Å²) in [7, 11) is 0. The number of aliphatic carboxylic acids is 1. The summed E-state index contributed by atoms with van der Waals surface area (Å²) in [5.41, 5.74) is 1.20. The van der Waals surface area contributed by atoms with E-state index in [1.807, 2.05) is 29.2 Å². The minimum Gasteiger partial charge on any atom is -0.478 e. The Balaban J connectivity index is 0.00000462. The molecule has 0 aliphatic carbocycles. The molecule has 1 atom stereocenters. The summed E-state index contributed by atoms with van der Waals surface area (Å²) in [6, 6.07) is 14.8. The topological polar surface area (TPSA) is 99.2 Å². The van der Waals surface area contributed by atoms with Gasteiger partial charge in [0.05, 0.1) is 0 Å². The molecule has 4 rings (SSSR count). The van der Waals surface area contributed by atoms with Crippen molar-refractivity contribution < 1.29 is 24.2 Å². The highest BCUT2D eigenvalue weighted by atomic mass is 35.5. The first kappa shape index (κ1) is 32.2. The van der Waals surface area contributed by atoms with Gasteiger partial charge >= 0.3 is 5.97 Å². The molecule has 0 radical (unpaired) electrons. The van der Waals surface area contributed by atoms with Crippen LogP contribution in [0.5, 0.6) is 11.5 Å². The highest BCUT2D eigenvalue weighted by Gasteiger charge is 2.53. The van der Waals surface area contributed by atoms with Crippen molar-refractivity contribution in [1.82, 2.24) is 15.1 Å². The van der Waals surface area contributed by atoms with Gasteiger partial charge in [-0.05, 0) is 73.1 Å². The fourth-order valence-corrected chi connectivity index (χ4v) is 5.60. The number of unbranched alkanes of at least 4 members (excludes halogenated alkanes) is 1. The van der Waals surface area contributed by atoms with E-state index in [4.69, 9.17) is 9.84 Å². The van der Waals surface area contributed by atoms with Gasteiger partial charge in [-0.2, -0.15) is 0 Å². The fourth-order valence-electron chi connectivity index (χ4n) is 5.60. The Bertz CT molecular complexity index is 1200. The Morgan fingerprint density at radius 3 is 2.24 bits per heavy atom. The first-order valence-electron chi connectivity index (χ1n) is 14.3. The molecule has 0 saturated carbocycles. The van der Waals surface area contributed by atoms with Gasteiger partial charge in [-0.3, -0.25) is 14.5 Å². The SMILES string of the molecule is CCCCN1C(=O)[C@H](CC(C)C)NC(=O)C12CCN(Cc1ccc(Oc3ccc(C=CC(=O)O)cc3)cc1)CC2.Cl. The van der Waals surface area contributed by atoms with Crippen LogP contribution in [-0.4, -0.2) is 63.9 Å². The minimum absolute atomic E-state index is 0. The number of amides is 2. The smallest absolute Gasteiger partial charge is 0.328 e. The third-order valence-electron chi connectivity index (χ3n) is 7.80. The molecule has 0 aromatic heterocycles. The molecule has 222 valence electrons. The van der Waals surface area contributed by atoms with Crippen LogP contribution in [0.3, 0.4) is 0 Å². The third-order valence-corrected chi connectivity index (χ3v) is 7.80. The van der Waals surface area contributed by atoms with E-state index < -0.39 is 17.6 Å². The van der Waals surface area contributed by atoms with Crippen molar-refractivity contribution in [2.75, 3.05) is 19.6 Å². The molecule has 2 heterocycles. The molecule has 1 spiro atoms. The van der Waals surface area contributed by atoms with Crippen molar-refractivity contribution in [2.24, 2.45) is 5.92 Å². The molecule has 2 aromatic rings. The Hall–Kier alpha value is -3.36. The number of ether oxygens (including phenoxy) is 1. The summed E-state index contributed by atoms with van der Waals surface area (Å²) in [4.78, 5) is 41.8. The number of carbonyl (C=O) groups excluding carboxylic acids is 2. The van der Waals surface area contributed by atoms with E-state index in [-0.39, 0.29) is 24.2 Å². The van der Waals surface area contributed by atoms with Crippen molar-refractivity contribution in [3.63, 3.8) is 0 Å². The summed E-state index contributed by atoms with van der Waals surface area (Å²) in [6.45, 7) is 9.18. The summed E-state index contributed by atoms with van der Waals surface area (Å²) < 4.78 is 5.94. The highest BCUT2D eigenvalue weighted by molar-refractivity contribution is 6.00. The number of piperazine rings is 1. The fraction of sp³-hybridized carbons (Fsp3) is 0.469. The van der Waals surface area contributed by atoms with E-state index in [0.717, 1.165) is 55.4 Å². The second-order valence-electron chi connectivity index (χ2n) is 11.3. The monoisotopic (exact) mass is 583 g/mol. The number of carboxylic acids is 1. The number of rotatable bonds is 11. The molecular formula is C32H42ClN3O5. The van der Waals surface area contributed by atoms with Gasteiger partial charge in [0, 0.05) is 32.3 Å². The molecule has 9 heteroatoms. The van der Waals surface area contributed by atoms with Crippen LogP contribution in [0.4, 0.5) is 0 Å². The van der Waals surface area contributed by atoms with Gasteiger partial charge in [0.2, 0.25) is 11.8 Å². The maximum atomic E-state index is 13.5. The van der Waals surface area contributed by atoms with Crippen LogP contribution in [0, 0.1) is 5.92 Å². The molecular weight excluding hydrogens is 542 g/mol. The Kier molecular flexibility index (Phi) is 11.4. The van der Waals surface area contributed by atoms with Gasteiger partial charge in [0.15, 0.2) is 0 Å². The van der Waals surface area contributed by atoms with Crippen LogP contribution in [-0.2, 0) is 20.9 Å². The number of hydrogen-bond donors (Lipinski definition) is 2. The second-order valence-corrected chi connectivity index (χ2v) is 11.3. The van der Waals surface area contributed by atoms with Gasteiger partial charge < -0.3 is 20.1 Å². The average molecular weight is 584 g/mol. The van der Waals surface area contributed by atoms with Gasteiger partial charge in [0.25, 0.3) is 0 Å². The maximum absolute atomic E-state index is 13.5. The van der Waals surface area contributed by atoms with E-state index in [2.05, 4.69) is 31.0 Å². The van der Waals surface area contributed by atoms with E-state index in [1.54, 1.807) is 24.3 Å². The zero-order valence-corrected chi connectivity index (χ0v) is 25.0. The molecule has 2 N–H and O–H groups in total. The standard InChI is InChI=1S/C32H41N3O5.ClH/c1-4-5-18-35-30(38)28(21-23(2)3)33-31(39)32(35)16-19-34(20-17-32)22-25-8-13-27(14-9-25)40-26-11-6-24(7-12-26)10-15-29(36)37;/h6-15,23,28H,4-5,16-22H2,1-3H3,(H,33,39)(H,36,37);1H/t28-;/m0./s1. The number of piperidine rings is 1. The molecule has 2 aliphatic heterocycles. The summed E-state index contributed by atoms with van der Waals surface area (Å²) >= 11 is 0. The number of halogens is 1. The van der Waals surface area contributed by atoms with Crippen LogP contribution in [0.15, 0.2) is 54.6 Å². The number of hydrogen-bond acceptors (Lipinski definition) is 5. The van der Waals surface area contributed by atoms with Crippen molar-refractivity contribution in [2.45, 2.75) is 71.0 Å². The van der Waals surface area contributed by atoms with Crippen LogP contribution < -0.4 is 10.1 Å². The van der Waals surface area contributed by atoms with Crippen LogP contribution in [0.2, 0.25) is 0 Å². The lowest BCUT2D eigenvalue weighted by molar-refractivity contribution is -0.161. The number of carbonyl (C=O) groups is 3. The Morgan fingerprint density at radius 2 is 1.68 bits per heavy atom. The Labute approximate surface area is 249 Å². The minimum atomic E-state index is -0.983. The highest BCUT2D eigenvalue weighted by Crippen LogP contribution is 2.35. The molecule has 2 saturated heterocycles. The van der Waals surface area contributed by atoms with Crippen molar-refractivity contribution in [3.8, 4) is 11.5 Å². The first-order valence-corrected chi connectivity index (χ1v) is 14.3. The molecule has 2 aliphatic rings. The largest absolute Gasteiger partial charge is 0.478 e. The lowest BCUT2D eigenvalue weighted by atomic mass is 9.80. The molecule has 0 bridgehead atoms. The van der Waals surface area contributed by atoms with Crippen LogP contribution in [0.25, 0.3) is 6.08 Å². The quantitative estimate of drug-likeness (QED) is 0.339. The summed E-state index contributed by atoms with van der Waals surface area (Å²) in [5.74, 6) is 0.838. The zero-order chi connectivity index (χ0) is 28.7. The summed E-state index contributed by atoms with van der Waals surface area (Å²) in [5, 5.41) is 11.8. The molecule has 41 heavy (non-hydrogen) atoms. The molecule has 2 aromatic carbocycles. The van der Waals surface area contributed by atoms with E-state index in [9.17, 15) is 14.4 Å². The van der Waals surface area contributed by atoms with E-state index >= 15 is 0 Å². The van der Waals surface area contributed by atoms with Crippen molar-refractivity contribution >= 4 is 36.3 Å². The Morgan fingerprint density at radius 1 is 1.07 bits per heavy atom. The first-order chi connectivity index (χ1) is 19.2. The predicted molar refractivity (Wildman–Crippen MR) is 162 cm³/mol. The van der Waals surface area contributed by atoms with Gasteiger partial charge in [-0.1, -0.05) is 51.5 Å². The number of benzene rings is 2. The third kappa shape index (κ3) is 8.11. The van der Waals surface area contributed by atoms with Crippen LogP contribution in [0.1, 0.15) is 64.0 Å². The maximum Gasteiger partial charge on any atom is 0.328 e.